The Balaban J connectivity index is 2.00. The van der Waals surface area contributed by atoms with Gasteiger partial charge in [0.15, 0.2) is 0 Å². The molecule has 0 unspecified atom stereocenters. The molecule has 0 aromatic carbocycles. The van der Waals surface area contributed by atoms with E-state index in [4.69, 9.17) is 5.14 Å². The van der Waals surface area contributed by atoms with Crippen LogP contribution in [0.4, 0.5) is 0 Å². The van der Waals surface area contributed by atoms with Crippen LogP contribution < -0.4 is 5.14 Å². The van der Waals surface area contributed by atoms with Gasteiger partial charge in [-0.15, -0.1) is 10.2 Å². The molecule has 1 aromatic heterocycles. The summed E-state index contributed by atoms with van der Waals surface area (Å²) in [7, 11) is -2.12. The number of nitrogens with zero attached hydrogens (tertiary/aromatic N) is 3. The summed E-state index contributed by atoms with van der Waals surface area (Å²) < 4.78 is 23.9. The van der Waals surface area contributed by atoms with Crippen molar-refractivity contribution in [2.75, 3.05) is 0 Å². The Bertz CT molecular complexity index is 503. The van der Waals surface area contributed by atoms with Crippen LogP contribution in [0.15, 0.2) is 5.16 Å². The largest absolute Gasteiger partial charge is 0.304 e. The lowest BCUT2D eigenvalue weighted by atomic mass is 9.86. The van der Waals surface area contributed by atoms with E-state index in [1.54, 1.807) is 7.05 Å². The normalized spacial score (nSPS) is 18.1. The minimum absolute atomic E-state index is 0.152. The van der Waals surface area contributed by atoms with Crippen molar-refractivity contribution in [1.29, 1.82) is 0 Å². The van der Waals surface area contributed by atoms with Crippen LogP contribution >= 0.6 is 0 Å². The third-order valence-corrected chi connectivity index (χ3v) is 4.54. The maximum Gasteiger partial charge on any atom is 0.273 e. The van der Waals surface area contributed by atoms with Crippen LogP contribution in [0.3, 0.4) is 0 Å². The summed E-state index contributed by atoms with van der Waals surface area (Å²) in [6.45, 7) is 0. The van der Waals surface area contributed by atoms with Gasteiger partial charge in [-0.3, -0.25) is 0 Å². The molecule has 6 nitrogen and oxygen atoms in total. The predicted octanol–water partition coefficient (Wildman–Crippen LogP) is 0.975. The quantitative estimate of drug-likeness (QED) is 0.884. The highest BCUT2D eigenvalue weighted by Gasteiger charge is 2.20. The summed E-state index contributed by atoms with van der Waals surface area (Å²) in [6, 6.07) is 0. The number of hydrogen-bond acceptors (Lipinski definition) is 4. The summed E-state index contributed by atoms with van der Waals surface area (Å²) in [5.41, 5.74) is 0. The highest BCUT2D eigenvalue weighted by molar-refractivity contribution is 7.89. The number of aryl methyl sites for hydroxylation is 1. The van der Waals surface area contributed by atoms with Crippen LogP contribution in [0, 0.1) is 5.92 Å². The second kappa shape index (κ2) is 5.36. The minimum atomic E-state index is -3.77. The van der Waals surface area contributed by atoms with Crippen LogP contribution in [0.5, 0.6) is 0 Å². The van der Waals surface area contributed by atoms with Gasteiger partial charge in [0.05, 0.1) is 0 Å². The highest BCUT2D eigenvalue weighted by Crippen LogP contribution is 2.27. The minimum Gasteiger partial charge on any atom is -0.304 e. The first-order valence-corrected chi connectivity index (χ1v) is 7.94. The Morgan fingerprint density at radius 1 is 1.28 bits per heavy atom. The molecule has 1 heterocycles. The van der Waals surface area contributed by atoms with Gasteiger partial charge in [-0.05, 0) is 12.3 Å². The third-order valence-electron chi connectivity index (χ3n) is 3.68. The molecule has 102 valence electrons. The summed E-state index contributed by atoms with van der Waals surface area (Å²) in [5, 5.41) is 12.5. The van der Waals surface area contributed by atoms with Gasteiger partial charge < -0.3 is 4.57 Å². The van der Waals surface area contributed by atoms with Crippen LogP contribution in [0.2, 0.25) is 0 Å². The van der Waals surface area contributed by atoms with Crippen molar-refractivity contribution in [3.8, 4) is 0 Å². The molecule has 0 saturated heterocycles. The van der Waals surface area contributed by atoms with E-state index in [9.17, 15) is 8.42 Å². The molecule has 0 atom stereocenters. The molecule has 0 spiro atoms. The van der Waals surface area contributed by atoms with E-state index in [-0.39, 0.29) is 5.16 Å². The van der Waals surface area contributed by atoms with Crippen LogP contribution in [-0.4, -0.2) is 23.2 Å². The average Bonchev–Trinajstić information content (AvgIpc) is 2.69. The first-order valence-electron chi connectivity index (χ1n) is 6.39. The molecule has 0 aliphatic heterocycles. The van der Waals surface area contributed by atoms with Crippen molar-refractivity contribution >= 4 is 10.0 Å². The van der Waals surface area contributed by atoms with Crippen molar-refractivity contribution in [3.05, 3.63) is 5.82 Å². The molecule has 0 amide bonds. The van der Waals surface area contributed by atoms with Gasteiger partial charge in [-0.25, -0.2) is 13.6 Å². The van der Waals surface area contributed by atoms with Crippen LogP contribution in [0.25, 0.3) is 0 Å². The Labute approximate surface area is 108 Å². The summed E-state index contributed by atoms with van der Waals surface area (Å²) >= 11 is 0. The van der Waals surface area contributed by atoms with E-state index < -0.39 is 10.0 Å². The van der Waals surface area contributed by atoms with Crippen molar-refractivity contribution in [1.82, 2.24) is 14.8 Å². The molecule has 18 heavy (non-hydrogen) atoms. The Morgan fingerprint density at radius 3 is 2.50 bits per heavy atom. The molecule has 2 rings (SSSR count). The number of hydrogen-bond donors (Lipinski definition) is 1. The summed E-state index contributed by atoms with van der Waals surface area (Å²) in [4.78, 5) is 0. The molecule has 1 aliphatic carbocycles. The molecule has 2 N–H and O–H groups in total. The Morgan fingerprint density at radius 2 is 1.94 bits per heavy atom. The smallest absolute Gasteiger partial charge is 0.273 e. The van der Waals surface area contributed by atoms with Crippen molar-refractivity contribution in [2.45, 2.75) is 50.1 Å². The van der Waals surface area contributed by atoms with E-state index in [0.29, 0.717) is 5.82 Å². The standard InChI is InChI=1S/C11H20N4O2S/c1-15-10(13-14-11(15)18(12,16)17)8-7-9-5-3-2-4-6-9/h9H,2-8H2,1H3,(H2,12,16,17). The topological polar surface area (TPSA) is 90.9 Å². The SMILES string of the molecule is Cn1c(CCC2CCCCC2)nnc1S(N)(=O)=O. The molecular weight excluding hydrogens is 252 g/mol. The fraction of sp³-hybridized carbons (Fsp3) is 0.818. The molecule has 0 radical (unpaired) electrons. The van der Waals surface area contributed by atoms with Gasteiger partial charge in [-0.1, -0.05) is 32.1 Å². The van der Waals surface area contributed by atoms with Crippen LogP contribution in [0.1, 0.15) is 44.3 Å². The molecule has 0 bridgehead atoms. The second-order valence-corrected chi connectivity index (χ2v) is 6.50. The fourth-order valence-corrected chi connectivity index (χ4v) is 3.26. The van der Waals surface area contributed by atoms with Gasteiger partial charge in [-0.2, -0.15) is 0 Å². The molecule has 1 fully saturated rings. The zero-order valence-corrected chi connectivity index (χ0v) is 11.5. The molecule has 1 aromatic rings. The molecule has 7 heteroatoms. The monoisotopic (exact) mass is 272 g/mol. The van der Waals surface area contributed by atoms with E-state index in [1.165, 1.54) is 36.7 Å². The van der Waals surface area contributed by atoms with Crippen molar-refractivity contribution < 1.29 is 8.42 Å². The van der Waals surface area contributed by atoms with Crippen LogP contribution in [-0.2, 0) is 23.5 Å². The highest BCUT2D eigenvalue weighted by atomic mass is 32.2. The Kier molecular flexibility index (Phi) is 4.01. The zero-order chi connectivity index (χ0) is 13.2. The van der Waals surface area contributed by atoms with Gasteiger partial charge >= 0.3 is 0 Å². The van der Waals surface area contributed by atoms with Gasteiger partial charge in [0.1, 0.15) is 5.82 Å². The number of primary sulfonamides is 1. The van der Waals surface area contributed by atoms with Gasteiger partial charge in [0.25, 0.3) is 15.2 Å². The Hall–Kier alpha value is -0.950. The van der Waals surface area contributed by atoms with E-state index in [2.05, 4.69) is 10.2 Å². The predicted molar refractivity (Wildman–Crippen MR) is 67.3 cm³/mol. The third kappa shape index (κ3) is 3.08. The first kappa shape index (κ1) is 13.5. The van der Waals surface area contributed by atoms with Crippen molar-refractivity contribution in [3.63, 3.8) is 0 Å². The maximum atomic E-state index is 11.2. The molecular formula is C11H20N4O2S. The lowest BCUT2D eigenvalue weighted by molar-refractivity contribution is 0.336. The second-order valence-electron chi connectivity index (χ2n) is 5.05. The summed E-state index contributed by atoms with van der Waals surface area (Å²) in [5.74, 6) is 1.44. The number of nitrogens with two attached hydrogens (primary N) is 1. The number of sulfonamides is 1. The summed E-state index contributed by atoms with van der Waals surface area (Å²) in [6.07, 6.45) is 8.34. The number of aromatic nitrogens is 3. The average molecular weight is 272 g/mol. The van der Waals surface area contributed by atoms with Gasteiger partial charge in [0, 0.05) is 13.5 Å². The van der Waals surface area contributed by atoms with Gasteiger partial charge in [0.2, 0.25) is 0 Å². The van der Waals surface area contributed by atoms with E-state index >= 15 is 0 Å². The maximum absolute atomic E-state index is 11.2. The van der Waals surface area contributed by atoms with E-state index in [0.717, 1.165) is 18.8 Å². The number of rotatable bonds is 4. The molecule has 1 saturated carbocycles. The zero-order valence-electron chi connectivity index (χ0n) is 10.7. The van der Waals surface area contributed by atoms with E-state index in [1.807, 2.05) is 0 Å². The first-order chi connectivity index (χ1) is 8.48. The lowest BCUT2D eigenvalue weighted by Gasteiger charge is -2.20. The fourth-order valence-electron chi connectivity index (χ4n) is 2.62. The lowest BCUT2D eigenvalue weighted by Crippen LogP contribution is -2.18. The molecule has 1 aliphatic rings. The van der Waals surface area contributed by atoms with Crippen molar-refractivity contribution in [2.24, 2.45) is 18.1 Å².